The van der Waals surface area contributed by atoms with Crippen LogP contribution in [-0.4, -0.2) is 30.8 Å². The van der Waals surface area contributed by atoms with Crippen LogP contribution in [0.3, 0.4) is 0 Å². The molecule has 0 atom stereocenters. The van der Waals surface area contributed by atoms with E-state index in [1.54, 1.807) is 12.1 Å². The predicted octanol–water partition coefficient (Wildman–Crippen LogP) is 2.70. The Morgan fingerprint density at radius 1 is 1.47 bits per heavy atom. The van der Waals surface area contributed by atoms with Crippen molar-refractivity contribution < 1.29 is 14.6 Å². The predicted molar refractivity (Wildman–Crippen MR) is 76.3 cm³/mol. The standard InChI is InChI=1S/C14H18BrNO3/c1-14(4-6-19-7-5-14)9-16-13(18)11-8-10(15)2-3-12(11)17/h2-3,8,17H,4-7,9H2,1H3,(H,16,18). The molecule has 1 fully saturated rings. The van der Waals surface area contributed by atoms with Gasteiger partial charge in [0.2, 0.25) is 0 Å². The Hall–Kier alpha value is -1.07. The molecule has 104 valence electrons. The summed E-state index contributed by atoms with van der Waals surface area (Å²) in [6.07, 6.45) is 1.88. The molecule has 0 aliphatic carbocycles. The van der Waals surface area contributed by atoms with E-state index < -0.39 is 0 Å². The van der Waals surface area contributed by atoms with Crippen LogP contribution in [0.5, 0.6) is 5.75 Å². The summed E-state index contributed by atoms with van der Waals surface area (Å²) in [5.74, 6) is -0.246. The average molecular weight is 328 g/mol. The van der Waals surface area contributed by atoms with Crippen LogP contribution in [-0.2, 0) is 4.74 Å². The van der Waals surface area contributed by atoms with Gasteiger partial charge in [0.1, 0.15) is 5.75 Å². The molecule has 1 aromatic rings. The lowest BCUT2D eigenvalue weighted by Crippen LogP contribution is -2.39. The monoisotopic (exact) mass is 327 g/mol. The SMILES string of the molecule is CC1(CNC(=O)c2cc(Br)ccc2O)CCOCC1. The summed E-state index contributed by atoms with van der Waals surface area (Å²) in [5.41, 5.74) is 0.375. The molecule has 0 aromatic heterocycles. The molecular weight excluding hydrogens is 310 g/mol. The van der Waals surface area contributed by atoms with Crippen LogP contribution >= 0.6 is 15.9 Å². The normalized spacial score (nSPS) is 18.0. The molecule has 1 aliphatic heterocycles. The molecule has 19 heavy (non-hydrogen) atoms. The molecule has 2 N–H and O–H groups in total. The van der Waals surface area contributed by atoms with Gasteiger partial charge < -0.3 is 15.2 Å². The Kier molecular flexibility index (Phi) is 4.47. The van der Waals surface area contributed by atoms with Crippen molar-refractivity contribution >= 4 is 21.8 Å². The molecule has 5 heteroatoms. The maximum absolute atomic E-state index is 12.1. The molecule has 0 radical (unpaired) electrons. The van der Waals surface area contributed by atoms with Crippen molar-refractivity contribution in [2.75, 3.05) is 19.8 Å². The van der Waals surface area contributed by atoms with Crippen molar-refractivity contribution in [1.82, 2.24) is 5.32 Å². The number of hydrogen-bond donors (Lipinski definition) is 2. The first-order valence-corrected chi connectivity index (χ1v) is 7.14. The Morgan fingerprint density at radius 2 is 2.16 bits per heavy atom. The van der Waals surface area contributed by atoms with Gasteiger partial charge in [-0.25, -0.2) is 0 Å². The van der Waals surface area contributed by atoms with Crippen LogP contribution in [0.2, 0.25) is 0 Å². The van der Waals surface area contributed by atoms with E-state index in [1.165, 1.54) is 6.07 Å². The summed E-state index contributed by atoms with van der Waals surface area (Å²) < 4.78 is 6.10. The number of carbonyl (C=O) groups excluding carboxylic acids is 1. The Labute approximate surface area is 121 Å². The fourth-order valence-corrected chi connectivity index (χ4v) is 2.48. The van der Waals surface area contributed by atoms with Crippen molar-refractivity contribution in [2.24, 2.45) is 5.41 Å². The number of halogens is 1. The summed E-state index contributed by atoms with van der Waals surface area (Å²) in [5, 5.41) is 12.6. The van der Waals surface area contributed by atoms with Gasteiger partial charge in [-0.05, 0) is 36.5 Å². The molecule has 1 saturated heterocycles. The summed E-state index contributed by atoms with van der Waals surface area (Å²) in [7, 11) is 0. The number of phenolic OH excluding ortho intramolecular Hbond substituents is 1. The Bertz CT molecular complexity index is 470. The highest BCUT2D eigenvalue weighted by Gasteiger charge is 2.28. The number of ether oxygens (including phenoxy) is 1. The summed E-state index contributed by atoms with van der Waals surface area (Å²) in [4.78, 5) is 12.1. The van der Waals surface area contributed by atoms with Gasteiger partial charge >= 0.3 is 0 Å². The minimum absolute atomic E-state index is 0.00201. The van der Waals surface area contributed by atoms with Gasteiger partial charge in [0, 0.05) is 24.2 Å². The molecule has 1 amide bonds. The first kappa shape index (κ1) is 14.3. The van der Waals surface area contributed by atoms with Crippen molar-refractivity contribution in [3.05, 3.63) is 28.2 Å². The summed E-state index contributed by atoms with van der Waals surface area (Å²) in [6, 6.07) is 4.83. The van der Waals surface area contributed by atoms with Crippen LogP contribution in [0.4, 0.5) is 0 Å². The number of hydrogen-bond acceptors (Lipinski definition) is 3. The molecule has 0 bridgehead atoms. The number of phenols is 1. The smallest absolute Gasteiger partial charge is 0.255 e. The second-order valence-corrected chi connectivity index (χ2v) is 6.18. The van der Waals surface area contributed by atoms with E-state index in [2.05, 4.69) is 28.2 Å². The molecular formula is C14H18BrNO3. The minimum atomic E-state index is -0.244. The minimum Gasteiger partial charge on any atom is -0.507 e. The molecule has 0 unspecified atom stereocenters. The van der Waals surface area contributed by atoms with E-state index in [4.69, 9.17) is 4.74 Å². The largest absolute Gasteiger partial charge is 0.507 e. The molecule has 0 saturated carbocycles. The fraction of sp³-hybridized carbons (Fsp3) is 0.500. The van der Waals surface area contributed by atoms with Crippen LogP contribution in [0.25, 0.3) is 0 Å². The van der Waals surface area contributed by atoms with E-state index in [-0.39, 0.29) is 17.1 Å². The highest BCUT2D eigenvalue weighted by molar-refractivity contribution is 9.10. The van der Waals surface area contributed by atoms with Crippen molar-refractivity contribution in [2.45, 2.75) is 19.8 Å². The average Bonchev–Trinajstić information content (AvgIpc) is 2.40. The number of carbonyl (C=O) groups is 1. The topological polar surface area (TPSA) is 58.6 Å². The third kappa shape index (κ3) is 3.70. The van der Waals surface area contributed by atoms with Crippen molar-refractivity contribution in [3.63, 3.8) is 0 Å². The number of benzene rings is 1. The summed E-state index contributed by atoms with van der Waals surface area (Å²) in [6.45, 7) is 4.24. The number of amides is 1. The molecule has 2 rings (SSSR count). The van der Waals surface area contributed by atoms with E-state index in [1.807, 2.05) is 0 Å². The number of nitrogens with one attached hydrogen (secondary N) is 1. The molecule has 1 aliphatic rings. The van der Waals surface area contributed by atoms with Gasteiger partial charge in [0.05, 0.1) is 5.56 Å². The molecule has 1 heterocycles. The van der Waals surface area contributed by atoms with E-state index in [0.717, 1.165) is 30.5 Å². The highest BCUT2D eigenvalue weighted by Crippen LogP contribution is 2.29. The Balaban J connectivity index is 1.99. The van der Waals surface area contributed by atoms with Gasteiger partial charge in [0.15, 0.2) is 0 Å². The lowest BCUT2D eigenvalue weighted by Gasteiger charge is -2.33. The maximum atomic E-state index is 12.1. The zero-order valence-corrected chi connectivity index (χ0v) is 12.5. The van der Waals surface area contributed by atoms with Gasteiger partial charge in [-0.15, -0.1) is 0 Å². The maximum Gasteiger partial charge on any atom is 0.255 e. The number of aromatic hydroxyl groups is 1. The van der Waals surface area contributed by atoms with Crippen molar-refractivity contribution in [3.8, 4) is 5.75 Å². The lowest BCUT2D eigenvalue weighted by molar-refractivity contribution is 0.0238. The summed E-state index contributed by atoms with van der Waals surface area (Å²) >= 11 is 3.30. The van der Waals surface area contributed by atoms with E-state index in [9.17, 15) is 9.90 Å². The third-order valence-corrected chi connectivity index (χ3v) is 4.07. The van der Waals surface area contributed by atoms with Crippen LogP contribution < -0.4 is 5.32 Å². The van der Waals surface area contributed by atoms with Gasteiger partial charge in [-0.1, -0.05) is 22.9 Å². The molecule has 4 nitrogen and oxygen atoms in total. The third-order valence-electron chi connectivity index (χ3n) is 3.58. The molecule has 1 aromatic carbocycles. The second-order valence-electron chi connectivity index (χ2n) is 5.27. The molecule has 0 spiro atoms. The Morgan fingerprint density at radius 3 is 2.84 bits per heavy atom. The van der Waals surface area contributed by atoms with Crippen molar-refractivity contribution in [1.29, 1.82) is 0 Å². The van der Waals surface area contributed by atoms with Crippen LogP contribution in [0, 0.1) is 5.41 Å². The van der Waals surface area contributed by atoms with E-state index in [0.29, 0.717) is 12.1 Å². The zero-order valence-electron chi connectivity index (χ0n) is 10.9. The van der Waals surface area contributed by atoms with Crippen LogP contribution in [0.1, 0.15) is 30.1 Å². The quantitative estimate of drug-likeness (QED) is 0.897. The highest BCUT2D eigenvalue weighted by atomic mass is 79.9. The van der Waals surface area contributed by atoms with Gasteiger partial charge in [0.25, 0.3) is 5.91 Å². The second kappa shape index (κ2) is 5.92. The van der Waals surface area contributed by atoms with Gasteiger partial charge in [-0.3, -0.25) is 4.79 Å². The zero-order chi connectivity index (χ0) is 13.9. The van der Waals surface area contributed by atoms with Crippen LogP contribution in [0.15, 0.2) is 22.7 Å². The van der Waals surface area contributed by atoms with Gasteiger partial charge in [-0.2, -0.15) is 0 Å². The lowest BCUT2D eigenvalue weighted by atomic mass is 9.82. The first-order chi connectivity index (χ1) is 9.00. The fourth-order valence-electron chi connectivity index (χ4n) is 2.12. The number of rotatable bonds is 3. The first-order valence-electron chi connectivity index (χ1n) is 6.35. The van der Waals surface area contributed by atoms with E-state index >= 15 is 0 Å².